The molecule has 0 bridgehead atoms. The number of anilines is 1. The Morgan fingerprint density at radius 1 is 1.23 bits per heavy atom. The van der Waals surface area contributed by atoms with Gasteiger partial charge in [-0.2, -0.15) is 0 Å². The SMILES string of the molecule is O=C([C@@H]1NC(=O)[C@@H]2C[C@@]3(O)c4ccccc4N[C@H]3N2C1=O)[C@@H]1CCCN1. The van der Waals surface area contributed by atoms with Crippen molar-refractivity contribution in [1.82, 2.24) is 15.5 Å². The lowest BCUT2D eigenvalue weighted by molar-refractivity contribution is -0.152. The monoisotopic (exact) mass is 356 g/mol. The largest absolute Gasteiger partial charge is 0.381 e. The number of hydrogen-bond acceptors (Lipinski definition) is 6. The molecule has 5 rings (SSSR count). The highest BCUT2D eigenvalue weighted by Gasteiger charge is 2.63. The molecule has 4 heterocycles. The van der Waals surface area contributed by atoms with Gasteiger partial charge in [-0.1, -0.05) is 18.2 Å². The van der Waals surface area contributed by atoms with Gasteiger partial charge in [-0.25, -0.2) is 0 Å². The van der Waals surface area contributed by atoms with Gasteiger partial charge in [0.15, 0.2) is 11.8 Å². The van der Waals surface area contributed by atoms with E-state index in [0.717, 1.165) is 18.7 Å². The molecular weight excluding hydrogens is 336 g/mol. The number of carbonyl (C=O) groups excluding carboxylic acids is 3. The Labute approximate surface area is 149 Å². The molecule has 0 unspecified atom stereocenters. The van der Waals surface area contributed by atoms with Crippen LogP contribution in [0, 0.1) is 0 Å². The van der Waals surface area contributed by atoms with E-state index in [1.54, 1.807) is 6.07 Å². The molecule has 1 aromatic carbocycles. The zero-order valence-electron chi connectivity index (χ0n) is 14.1. The Kier molecular flexibility index (Phi) is 3.20. The zero-order chi connectivity index (χ0) is 18.1. The van der Waals surface area contributed by atoms with E-state index >= 15 is 0 Å². The van der Waals surface area contributed by atoms with Crippen LogP contribution in [0.25, 0.3) is 0 Å². The van der Waals surface area contributed by atoms with Gasteiger partial charge in [-0.05, 0) is 25.5 Å². The highest BCUT2D eigenvalue weighted by Crippen LogP contribution is 2.49. The Morgan fingerprint density at radius 2 is 2.04 bits per heavy atom. The average Bonchev–Trinajstić information content (AvgIpc) is 3.31. The first-order valence-electron chi connectivity index (χ1n) is 8.99. The standard InChI is InChI=1S/C18H20N4O4/c23-14(11-6-3-7-19-11)13-16(25)22-12(15(24)21-13)8-18(26)9-4-1-2-5-10(9)20-17(18)22/h1-2,4-5,11-13,17,19-20,26H,3,6-8H2,(H,21,24)/t11-,12-,13-,17-,18+/m0/s1. The number of aliphatic hydroxyl groups is 1. The van der Waals surface area contributed by atoms with E-state index in [2.05, 4.69) is 16.0 Å². The van der Waals surface area contributed by atoms with Gasteiger partial charge in [-0.3, -0.25) is 14.4 Å². The highest BCUT2D eigenvalue weighted by atomic mass is 16.3. The summed E-state index contributed by atoms with van der Waals surface area (Å²) in [6, 6.07) is 4.92. The molecule has 2 amide bonds. The lowest BCUT2D eigenvalue weighted by Crippen LogP contribution is -2.67. The summed E-state index contributed by atoms with van der Waals surface area (Å²) in [5.41, 5.74) is 0.0931. The number of para-hydroxylation sites is 1. The maximum atomic E-state index is 13.1. The fraction of sp³-hybridized carbons (Fsp3) is 0.500. The number of nitrogens with one attached hydrogen (secondary N) is 3. The van der Waals surface area contributed by atoms with Crippen molar-refractivity contribution in [3.8, 4) is 0 Å². The van der Waals surface area contributed by atoms with Crippen molar-refractivity contribution in [3.63, 3.8) is 0 Å². The fourth-order valence-corrected chi connectivity index (χ4v) is 4.77. The van der Waals surface area contributed by atoms with E-state index in [-0.39, 0.29) is 18.1 Å². The van der Waals surface area contributed by atoms with Crippen LogP contribution in [0.2, 0.25) is 0 Å². The van der Waals surface area contributed by atoms with Crippen LogP contribution in [0.15, 0.2) is 24.3 Å². The molecule has 0 spiro atoms. The maximum Gasteiger partial charge on any atom is 0.255 e. The molecule has 0 saturated carbocycles. The van der Waals surface area contributed by atoms with Crippen LogP contribution < -0.4 is 16.0 Å². The first-order valence-corrected chi connectivity index (χ1v) is 8.99. The Balaban J connectivity index is 1.49. The lowest BCUT2D eigenvalue weighted by atomic mass is 9.91. The van der Waals surface area contributed by atoms with Crippen molar-refractivity contribution in [1.29, 1.82) is 0 Å². The summed E-state index contributed by atoms with van der Waals surface area (Å²) in [5.74, 6) is -1.14. The summed E-state index contributed by atoms with van der Waals surface area (Å²) in [5, 5.41) is 20.1. The summed E-state index contributed by atoms with van der Waals surface area (Å²) in [4.78, 5) is 39.8. The number of amides is 2. The number of hydrogen-bond donors (Lipinski definition) is 4. The third-order valence-corrected chi connectivity index (χ3v) is 6.04. The minimum absolute atomic E-state index is 0.113. The summed E-state index contributed by atoms with van der Waals surface area (Å²) < 4.78 is 0. The molecule has 0 aliphatic carbocycles. The average molecular weight is 356 g/mol. The molecule has 8 nitrogen and oxygen atoms in total. The predicted molar refractivity (Wildman–Crippen MR) is 91.0 cm³/mol. The lowest BCUT2D eigenvalue weighted by Gasteiger charge is -2.37. The molecule has 3 fully saturated rings. The second kappa shape index (κ2) is 5.28. The number of piperazine rings is 1. The Bertz CT molecular complexity index is 821. The number of ketones is 1. The van der Waals surface area contributed by atoms with Gasteiger partial charge in [0.2, 0.25) is 5.91 Å². The van der Waals surface area contributed by atoms with E-state index in [1.807, 2.05) is 18.2 Å². The predicted octanol–water partition coefficient (Wildman–Crippen LogP) is -0.954. The van der Waals surface area contributed by atoms with Crippen molar-refractivity contribution >= 4 is 23.3 Å². The topological polar surface area (TPSA) is 111 Å². The van der Waals surface area contributed by atoms with E-state index in [1.165, 1.54) is 4.90 Å². The normalized spacial score (nSPS) is 37.7. The van der Waals surface area contributed by atoms with Crippen LogP contribution in [0.1, 0.15) is 24.8 Å². The molecule has 0 radical (unpaired) electrons. The minimum Gasteiger partial charge on any atom is -0.381 e. The fourth-order valence-electron chi connectivity index (χ4n) is 4.77. The number of carbonyl (C=O) groups is 3. The van der Waals surface area contributed by atoms with Gasteiger partial charge in [0.05, 0.1) is 6.04 Å². The van der Waals surface area contributed by atoms with Gasteiger partial charge < -0.3 is 26.0 Å². The summed E-state index contributed by atoms with van der Waals surface area (Å²) in [7, 11) is 0. The van der Waals surface area contributed by atoms with Gasteiger partial charge in [0.1, 0.15) is 17.8 Å². The molecule has 4 N–H and O–H groups in total. The Morgan fingerprint density at radius 3 is 2.81 bits per heavy atom. The first-order chi connectivity index (χ1) is 12.5. The number of Topliss-reactive ketones (excluding diaryl/α,β-unsaturated/α-hetero) is 1. The third-order valence-electron chi connectivity index (χ3n) is 6.04. The van der Waals surface area contributed by atoms with E-state index in [0.29, 0.717) is 12.0 Å². The van der Waals surface area contributed by atoms with Crippen molar-refractivity contribution < 1.29 is 19.5 Å². The summed E-state index contributed by atoms with van der Waals surface area (Å²) in [6.07, 6.45) is 0.910. The minimum atomic E-state index is -1.34. The molecule has 136 valence electrons. The summed E-state index contributed by atoms with van der Waals surface area (Å²) >= 11 is 0. The smallest absolute Gasteiger partial charge is 0.255 e. The molecule has 1 aromatic rings. The van der Waals surface area contributed by atoms with Crippen molar-refractivity contribution in [2.24, 2.45) is 0 Å². The van der Waals surface area contributed by atoms with Crippen LogP contribution >= 0.6 is 0 Å². The number of rotatable bonds is 2. The maximum absolute atomic E-state index is 13.1. The van der Waals surface area contributed by atoms with Gasteiger partial charge >= 0.3 is 0 Å². The van der Waals surface area contributed by atoms with Gasteiger partial charge in [0, 0.05) is 17.7 Å². The van der Waals surface area contributed by atoms with Gasteiger partial charge in [0.25, 0.3) is 5.91 Å². The Hall–Kier alpha value is -2.45. The van der Waals surface area contributed by atoms with Crippen LogP contribution in [0.5, 0.6) is 0 Å². The van der Waals surface area contributed by atoms with Gasteiger partial charge in [-0.15, -0.1) is 0 Å². The van der Waals surface area contributed by atoms with E-state index in [9.17, 15) is 19.5 Å². The number of nitrogens with zero attached hydrogens (tertiary/aromatic N) is 1. The third kappa shape index (κ3) is 1.94. The molecule has 3 saturated heterocycles. The molecule has 5 atom stereocenters. The van der Waals surface area contributed by atoms with Crippen LogP contribution in [-0.4, -0.2) is 58.4 Å². The molecular formula is C18H20N4O4. The van der Waals surface area contributed by atoms with Crippen molar-refractivity contribution in [3.05, 3.63) is 29.8 Å². The second-order valence-electron chi connectivity index (χ2n) is 7.48. The molecule has 8 heteroatoms. The first kappa shape index (κ1) is 15.8. The van der Waals surface area contributed by atoms with Crippen LogP contribution in [0.4, 0.5) is 5.69 Å². The van der Waals surface area contributed by atoms with Crippen LogP contribution in [-0.2, 0) is 20.0 Å². The zero-order valence-corrected chi connectivity index (χ0v) is 14.1. The number of fused-ring (bicyclic) bond motifs is 5. The van der Waals surface area contributed by atoms with E-state index < -0.39 is 35.8 Å². The van der Waals surface area contributed by atoms with Crippen molar-refractivity contribution in [2.45, 2.75) is 49.2 Å². The molecule has 4 aliphatic heterocycles. The second-order valence-corrected chi connectivity index (χ2v) is 7.48. The molecule has 0 aromatic heterocycles. The van der Waals surface area contributed by atoms with Crippen molar-refractivity contribution in [2.75, 3.05) is 11.9 Å². The van der Waals surface area contributed by atoms with Crippen LogP contribution in [0.3, 0.4) is 0 Å². The molecule has 26 heavy (non-hydrogen) atoms. The summed E-state index contributed by atoms with van der Waals surface area (Å²) in [6.45, 7) is 0.733. The van der Waals surface area contributed by atoms with E-state index in [4.69, 9.17) is 0 Å². The molecule has 4 aliphatic rings. The highest BCUT2D eigenvalue weighted by molar-refractivity contribution is 6.13. The number of benzene rings is 1. The quantitative estimate of drug-likeness (QED) is 0.509.